The molecule has 2 heterocycles. The summed E-state index contributed by atoms with van der Waals surface area (Å²) in [5.41, 5.74) is 0.137. The number of hydrogen-bond acceptors (Lipinski definition) is 3. The van der Waals surface area contributed by atoms with Gasteiger partial charge in [0, 0.05) is 37.6 Å². The van der Waals surface area contributed by atoms with Crippen molar-refractivity contribution in [3.05, 3.63) is 34.2 Å². The number of pyridine rings is 1. The molecule has 0 aromatic carbocycles. The van der Waals surface area contributed by atoms with E-state index in [0.717, 1.165) is 26.1 Å². The summed E-state index contributed by atoms with van der Waals surface area (Å²) in [5.74, 6) is 0.351. The summed E-state index contributed by atoms with van der Waals surface area (Å²) in [7, 11) is 0. The van der Waals surface area contributed by atoms with Gasteiger partial charge in [0.05, 0.1) is 0 Å². The fraction of sp³-hybridized carbons (Fsp3) is 0.500. The van der Waals surface area contributed by atoms with Crippen molar-refractivity contribution in [2.45, 2.75) is 12.8 Å². The third-order valence-electron chi connectivity index (χ3n) is 2.90. The van der Waals surface area contributed by atoms with Crippen LogP contribution in [0.15, 0.2) is 23.1 Å². The zero-order valence-corrected chi connectivity index (χ0v) is 9.57. The molecule has 0 saturated carbocycles. The van der Waals surface area contributed by atoms with Crippen LogP contribution in [0.3, 0.4) is 0 Å². The van der Waals surface area contributed by atoms with E-state index in [1.807, 2.05) is 0 Å². The van der Waals surface area contributed by atoms with E-state index in [2.05, 4.69) is 10.3 Å². The van der Waals surface area contributed by atoms with Crippen molar-refractivity contribution < 1.29 is 9.53 Å². The largest absolute Gasteiger partial charge is 0.381 e. The highest BCUT2D eigenvalue weighted by Gasteiger charge is 2.15. The quantitative estimate of drug-likeness (QED) is 0.801. The highest BCUT2D eigenvalue weighted by Crippen LogP contribution is 2.15. The summed E-state index contributed by atoms with van der Waals surface area (Å²) in [5, 5.41) is 2.81. The zero-order valence-electron chi connectivity index (χ0n) is 9.57. The van der Waals surface area contributed by atoms with Crippen molar-refractivity contribution in [3.63, 3.8) is 0 Å². The molecule has 0 bridgehead atoms. The summed E-state index contributed by atoms with van der Waals surface area (Å²) in [6, 6.07) is 2.89. The maximum absolute atomic E-state index is 11.7. The van der Waals surface area contributed by atoms with Crippen molar-refractivity contribution in [2.75, 3.05) is 19.8 Å². The van der Waals surface area contributed by atoms with E-state index in [1.54, 1.807) is 6.07 Å². The molecule has 1 aromatic heterocycles. The Bertz CT molecular complexity index is 435. The summed E-state index contributed by atoms with van der Waals surface area (Å²) in [4.78, 5) is 25.2. The highest BCUT2D eigenvalue weighted by molar-refractivity contribution is 5.93. The van der Waals surface area contributed by atoms with Gasteiger partial charge < -0.3 is 15.0 Å². The molecule has 2 N–H and O–H groups in total. The van der Waals surface area contributed by atoms with E-state index in [0.29, 0.717) is 18.0 Å². The van der Waals surface area contributed by atoms with Crippen molar-refractivity contribution in [1.82, 2.24) is 10.3 Å². The average molecular weight is 236 g/mol. The van der Waals surface area contributed by atoms with Gasteiger partial charge >= 0.3 is 0 Å². The normalized spacial score (nSPS) is 19.2. The van der Waals surface area contributed by atoms with Gasteiger partial charge in [-0.2, -0.15) is 0 Å². The fourth-order valence-corrected chi connectivity index (χ4v) is 1.89. The topological polar surface area (TPSA) is 71.2 Å². The molecule has 5 nitrogen and oxygen atoms in total. The summed E-state index contributed by atoms with van der Waals surface area (Å²) in [6.45, 7) is 2.24. The number of carbonyl (C=O) groups excluding carboxylic acids is 1. The lowest BCUT2D eigenvalue weighted by Gasteiger charge is -2.08. The molecule has 17 heavy (non-hydrogen) atoms. The molecular formula is C12H16N2O3. The van der Waals surface area contributed by atoms with E-state index in [-0.39, 0.29) is 11.5 Å². The molecule has 92 valence electrons. The first-order valence-electron chi connectivity index (χ1n) is 5.80. The maximum Gasteiger partial charge on any atom is 0.251 e. The Labute approximate surface area is 99.2 Å². The minimum absolute atomic E-state index is 0.199. The average Bonchev–Trinajstić information content (AvgIpc) is 2.82. The van der Waals surface area contributed by atoms with Gasteiger partial charge in [-0.25, -0.2) is 0 Å². The second-order valence-electron chi connectivity index (χ2n) is 4.22. The minimum Gasteiger partial charge on any atom is -0.381 e. The van der Waals surface area contributed by atoms with Gasteiger partial charge in [-0.05, 0) is 24.8 Å². The second-order valence-corrected chi connectivity index (χ2v) is 4.22. The van der Waals surface area contributed by atoms with Crippen LogP contribution in [0.5, 0.6) is 0 Å². The smallest absolute Gasteiger partial charge is 0.251 e. The summed E-state index contributed by atoms with van der Waals surface area (Å²) >= 11 is 0. The Morgan fingerprint density at radius 1 is 1.59 bits per heavy atom. The molecule has 1 unspecified atom stereocenters. The molecule has 1 aromatic rings. The molecule has 0 spiro atoms. The van der Waals surface area contributed by atoms with Crippen LogP contribution in [0.1, 0.15) is 23.2 Å². The highest BCUT2D eigenvalue weighted by atomic mass is 16.5. The number of amides is 1. The van der Waals surface area contributed by atoms with E-state index in [4.69, 9.17) is 4.74 Å². The Hall–Kier alpha value is -1.62. The summed E-state index contributed by atoms with van der Waals surface area (Å²) in [6.07, 6.45) is 3.47. The first kappa shape index (κ1) is 11.9. The predicted molar refractivity (Wildman–Crippen MR) is 62.9 cm³/mol. The molecule has 1 amide bonds. The number of aromatic nitrogens is 1. The van der Waals surface area contributed by atoms with Gasteiger partial charge in [0.25, 0.3) is 5.91 Å². The third kappa shape index (κ3) is 3.42. The van der Waals surface area contributed by atoms with Crippen LogP contribution < -0.4 is 10.9 Å². The van der Waals surface area contributed by atoms with Crippen LogP contribution in [0.4, 0.5) is 0 Å². The van der Waals surface area contributed by atoms with Crippen LogP contribution in [0.25, 0.3) is 0 Å². The Morgan fingerprint density at radius 3 is 3.18 bits per heavy atom. The molecule has 1 fully saturated rings. The molecule has 0 aliphatic carbocycles. The zero-order chi connectivity index (χ0) is 12.1. The predicted octanol–water partition coefficient (Wildman–Crippen LogP) is 0.531. The number of nitrogens with one attached hydrogen (secondary N) is 2. The monoisotopic (exact) mass is 236 g/mol. The van der Waals surface area contributed by atoms with Gasteiger partial charge in [0.2, 0.25) is 5.56 Å². The molecule has 0 radical (unpaired) electrons. The lowest BCUT2D eigenvalue weighted by molar-refractivity contribution is 0.0950. The van der Waals surface area contributed by atoms with Crippen molar-refractivity contribution >= 4 is 5.91 Å². The standard InChI is InChI=1S/C12H16N2O3/c15-11-7-10(2-5-13-11)12(16)14-4-1-9-3-6-17-8-9/h2,5,7,9H,1,3-4,6,8H2,(H,13,15)(H,14,16). The van der Waals surface area contributed by atoms with E-state index >= 15 is 0 Å². The number of ether oxygens (including phenoxy) is 1. The van der Waals surface area contributed by atoms with Crippen molar-refractivity contribution in [1.29, 1.82) is 0 Å². The van der Waals surface area contributed by atoms with Crippen LogP contribution >= 0.6 is 0 Å². The molecule has 1 saturated heterocycles. The van der Waals surface area contributed by atoms with Gasteiger partial charge in [-0.1, -0.05) is 0 Å². The molecule has 1 aliphatic rings. The van der Waals surface area contributed by atoms with Crippen LogP contribution in [-0.2, 0) is 4.74 Å². The summed E-state index contributed by atoms with van der Waals surface area (Å²) < 4.78 is 5.26. The van der Waals surface area contributed by atoms with Crippen molar-refractivity contribution in [2.24, 2.45) is 5.92 Å². The van der Waals surface area contributed by atoms with Gasteiger partial charge in [0.15, 0.2) is 0 Å². The number of rotatable bonds is 4. The van der Waals surface area contributed by atoms with Crippen molar-refractivity contribution in [3.8, 4) is 0 Å². The van der Waals surface area contributed by atoms with E-state index < -0.39 is 0 Å². The Morgan fingerprint density at radius 2 is 2.47 bits per heavy atom. The molecule has 2 rings (SSSR count). The third-order valence-corrected chi connectivity index (χ3v) is 2.90. The van der Waals surface area contributed by atoms with Gasteiger partial charge in [-0.15, -0.1) is 0 Å². The fourth-order valence-electron chi connectivity index (χ4n) is 1.89. The number of H-pyrrole nitrogens is 1. The van der Waals surface area contributed by atoms with E-state index in [9.17, 15) is 9.59 Å². The molecule has 1 aliphatic heterocycles. The molecule has 5 heteroatoms. The van der Waals surface area contributed by atoms with Gasteiger partial charge in [0.1, 0.15) is 0 Å². The number of hydrogen-bond donors (Lipinski definition) is 2. The number of aromatic amines is 1. The Kier molecular flexibility index (Phi) is 3.93. The number of carbonyl (C=O) groups is 1. The second kappa shape index (κ2) is 5.63. The first-order valence-corrected chi connectivity index (χ1v) is 5.80. The van der Waals surface area contributed by atoms with Crippen LogP contribution in [-0.4, -0.2) is 30.6 Å². The van der Waals surface area contributed by atoms with Gasteiger partial charge in [-0.3, -0.25) is 9.59 Å². The maximum atomic E-state index is 11.7. The lowest BCUT2D eigenvalue weighted by atomic mass is 10.1. The minimum atomic E-state index is -0.262. The Balaban J connectivity index is 1.79. The first-order chi connectivity index (χ1) is 8.25. The SMILES string of the molecule is O=C(NCCC1CCOC1)c1cc[nH]c(=O)c1. The van der Waals surface area contributed by atoms with Crippen LogP contribution in [0, 0.1) is 5.92 Å². The molecular weight excluding hydrogens is 220 g/mol. The molecule has 1 atom stereocenters. The van der Waals surface area contributed by atoms with E-state index in [1.165, 1.54) is 12.3 Å². The lowest BCUT2D eigenvalue weighted by Crippen LogP contribution is -2.27. The van der Waals surface area contributed by atoms with Crippen LogP contribution in [0.2, 0.25) is 0 Å².